The van der Waals surface area contributed by atoms with E-state index in [-0.39, 0.29) is 6.61 Å². The van der Waals surface area contributed by atoms with Crippen LogP contribution in [0.15, 0.2) is 179 Å². The van der Waals surface area contributed by atoms with E-state index in [2.05, 4.69) is 222 Å². The van der Waals surface area contributed by atoms with Gasteiger partial charge in [-0.2, -0.15) is 0 Å². The van der Waals surface area contributed by atoms with Crippen LogP contribution in [0.25, 0.3) is 43.8 Å². The molecule has 1 N–H and O–H groups in total. The molecule has 6 heteroatoms. The summed E-state index contributed by atoms with van der Waals surface area (Å²) in [4.78, 5) is 0. The average molecular weight is 1130 g/mol. The Morgan fingerprint density at radius 2 is 0.711 bits per heavy atom. The summed E-state index contributed by atoms with van der Waals surface area (Å²) < 4.78 is 20.8. The van der Waals surface area contributed by atoms with Crippen molar-refractivity contribution in [1.29, 1.82) is 0 Å². The van der Waals surface area contributed by atoms with Gasteiger partial charge in [0.05, 0.1) is 30.7 Å². The summed E-state index contributed by atoms with van der Waals surface area (Å²) in [6.07, 6.45) is 8.00. The molecule has 1 atom stereocenters. The largest absolute Gasteiger partial charge is 0.396 e. The summed E-state index contributed by atoms with van der Waals surface area (Å²) in [5, 5.41) is 14.7. The zero-order valence-corrected chi connectivity index (χ0v) is 47.4. The lowest BCUT2D eigenvalue weighted by Gasteiger charge is -2.36. The molecule has 0 bridgehead atoms. The molecule has 0 amide bonds. The third-order valence-electron chi connectivity index (χ3n) is 16.2. The Morgan fingerprint density at radius 1 is 0.382 bits per heavy atom. The fourth-order valence-corrected chi connectivity index (χ4v) is 13.6. The van der Waals surface area contributed by atoms with Crippen LogP contribution in [0.1, 0.15) is 132 Å². The summed E-state index contributed by atoms with van der Waals surface area (Å²) in [6.45, 7) is 10.8. The fourth-order valence-electron chi connectivity index (χ4n) is 12.4. The van der Waals surface area contributed by atoms with Crippen molar-refractivity contribution in [2.45, 2.75) is 103 Å². The molecule has 0 fully saturated rings. The van der Waals surface area contributed by atoms with Crippen molar-refractivity contribution in [1.82, 2.24) is 0 Å². The molecule has 2 aliphatic carbocycles. The number of halogens is 2. The van der Waals surface area contributed by atoms with Crippen LogP contribution in [-0.4, -0.2) is 31.5 Å². The van der Waals surface area contributed by atoms with Crippen molar-refractivity contribution in [3.05, 3.63) is 246 Å². The molecule has 0 radical (unpaired) electrons. The molecule has 11 rings (SSSR count). The standard InChI is InChI=1S/C70H68Br2O4/c1-4-7-37-74-44-48-22-30-52(31-23-48)69(51-28-20-47(21-29-51)15-14-36-73)61-40-60-62(41-59(61)67-57-18-12-10-16-55(57)65(71)42-63(67)69)70(53-32-24-49(25-33-53)45-75-38-8-5-2,54-34-26-50(27-35-54)46-76-39-9-6-3)64-43-66(72)56-17-11-13-19-58(56)68(60)64/h10-13,16-35,40-43,73H,4-9,14-15,36-39,44-46H2,1-3H3. The molecule has 76 heavy (non-hydrogen) atoms. The second kappa shape index (κ2) is 23.1. The Labute approximate surface area is 466 Å². The number of hydrogen-bond donors (Lipinski definition) is 1. The average Bonchev–Trinajstić information content (AvgIpc) is 3.91. The van der Waals surface area contributed by atoms with Gasteiger partial charge in [0.2, 0.25) is 0 Å². The Kier molecular flexibility index (Phi) is 15.9. The lowest BCUT2D eigenvalue weighted by Crippen LogP contribution is -2.30. The molecule has 0 saturated heterocycles. The molecular formula is C70H68Br2O4. The van der Waals surface area contributed by atoms with E-state index < -0.39 is 10.8 Å². The predicted molar refractivity (Wildman–Crippen MR) is 321 cm³/mol. The van der Waals surface area contributed by atoms with Gasteiger partial charge in [-0.15, -0.1) is 0 Å². The van der Waals surface area contributed by atoms with Gasteiger partial charge >= 0.3 is 0 Å². The second-order valence-electron chi connectivity index (χ2n) is 20.9. The number of ether oxygens (including phenoxy) is 3. The number of hydrogen-bond acceptors (Lipinski definition) is 4. The highest BCUT2D eigenvalue weighted by Crippen LogP contribution is 2.65. The molecule has 0 aromatic heterocycles. The maximum absolute atomic E-state index is 9.88. The van der Waals surface area contributed by atoms with E-state index in [1.807, 2.05) is 0 Å². The summed E-state index contributed by atoms with van der Waals surface area (Å²) in [5.74, 6) is 0. The highest BCUT2D eigenvalue weighted by Gasteiger charge is 2.52. The first-order valence-corrected chi connectivity index (χ1v) is 29.3. The van der Waals surface area contributed by atoms with Crippen molar-refractivity contribution in [3.63, 3.8) is 0 Å². The van der Waals surface area contributed by atoms with Crippen LogP contribution >= 0.6 is 31.9 Å². The van der Waals surface area contributed by atoms with Gasteiger partial charge in [-0.1, -0.05) is 217 Å². The number of rotatable bonds is 22. The van der Waals surface area contributed by atoms with E-state index >= 15 is 0 Å². The van der Waals surface area contributed by atoms with Gasteiger partial charge in [0.1, 0.15) is 0 Å². The summed E-state index contributed by atoms with van der Waals surface area (Å²) in [6, 6.07) is 65.0. The van der Waals surface area contributed by atoms with Crippen LogP contribution in [0.2, 0.25) is 0 Å². The first kappa shape index (κ1) is 52.4. The molecule has 0 saturated carbocycles. The smallest absolute Gasteiger partial charge is 0.0716 e. The van der Waals surface area contributed by atoms with E-state index in [0.29, 0.717) is 19.8 Å². The summed E-state index contributed by atoms with van der Waals surface area (Å²) >= 11 is 8.34. The molecule has 2 aliphatic rings. The highest BCUT2D eigenvalue weighted by molar-refractivity contribution is 9.11. The molecular weight excluding hydrogens is 1060 g/mol. The van der Waals surface area contributed by atoms with E-state index in [1.54, 1.807) is 0 Å². The zero-order chi connectivity index (χ0) is 52.2. The van der Waals surface area contributed by atoms with Crippen LogP contribution in [0.5, 0.6) is 0 Å². The van der Waals surface area contributed by atoms with E-state index in [9.17, 15) is 5.11 Å². The Bertz CT molecular complexity index is 3440. The van der Waals surface area contributed by atoms with E-state index in [0.717, 1.165) is 85.7 Å². The third-order valence-corrected chi connectivity index (χ3v) is 17.5. The fraction of sp³-hybridized carbons (Fsp3) is 0.286. The molecule has 386 valence electrons. The number of benzene rings is 9. The van der Waals surface area contributed by atoms with Gasteiger partial charge in [0.25, 0.3) is 0 Å². The van der Waals surface area contributed by atoms with Gasteiger partial charge in [0.15, 0.2) is 0 Å². The molecule has 0 heterocycles. The number of aliphatic hydroxyl groups excluding tert-OH is 1. The molecule has 0 spiro atoms. The number of fused-ring (bicyclic) bond motifs is 10. The quantitative estimate of drug-likeness (QED) is 0.0687. The van der Waals surface area contributed by atoms with Gasteiger partial charge in [-0.3, -0.25) is 0 Å². The normalized spacial score (nSPS) is 15.0. The number of unbranched alkanes of at least 4 members (excludes halogenated alkanes) is 3. The van der Waals surface area contributed by atoms with Crippen LogP contribution in [0.4, 0.5) is 0 Å². The molecule has 9 aromatic rings. The zero-order valence-electron chi connectivity index (χ0n) is 44.2. The van der Waals surface area contributed by atoms with Gasteiger partial charge in [0, 0.05) is 35.4 Å². The molecule has 0 aliphatic heterocycles. The maximum atomic E-state index is 9.88. The molecule has 1 unspecified atom stereocenters. The Morgan fingerprint density at radius 3 is 1.04 bits per heavy atom. The number of aliphatic hydroxyl groups is 1. The third kappa shape index (κ3) is 9.31. The van der Waals surface area contributed by atoms with Crippen LogP contribution in [-0.2, 0) is 51.3 Å². The SMILES string of the molecule is CCCCOCc1ccc(C2(c3ccc(CCCO)cc3)c3cc4c(cc3-c3c2cc(Br)c2ccccc32)C(c2ccc(COCCCC)cc2)(c2ccc(COCCCC)cc2)c2cc(Br)c3ccccc3c2-4)cc1. The van der Waals surface area contributed by atoms with Crippen LogP contribution in [0.3, 0.4) is 0 Å². The predicted octanol–water partition coefficient (Wildman–Crippen LogP) is 18.1. The number of aryl methyl sites for hydroxylation is 1. The summed E-state index contributed by atoms with van der Waals surface area (Å²) in [7, 11) is 0. The van der Waals surface area contributed by atoms with Gasteiger partial charge in [-0.25, -0.2) is 0 Å². The minimum Gasteiger partial charge on any atom is -0.396 e. The minimum atomic E-state index is -0.723. The van der Waals surface area contributed by atoms with Crippen molar-refractivity contribution in [3.8, 4) is 22.3 Å². The first-order chi connectivity index (χ1) is 37.4. The van der Waals surface area contributed by atoms with Gasteiger partial charge < -0.3 is 19.3 Å². The van der Waals surface area contributed by atoms with E-state index in [4.69, 9.17) is 14.2 Å². The van der Waals surface area contributed by atoms with Crippen molar-refractivity contribution in [2.24, 2.45) is 0 Å². The second-order valence-corrected chi connectivity index (χ2v) is 22.6. The first-order valence-electron chi connectivity index (χ1n) is 27.7. The van der Waals surface area contributed by atoms with E-state index in [1.165, 1.54) is 105 Å². The minimum absolute atomic E-state index is 0.163. The summed E-state index contributed by atoms with van der Waals surface area (Å²) in [5.41, 5.74) is 18.1. The van der Waals surface area contributed by atoms with Crippen LogP contribution < -0.4 is 0 Å². The van der Waals surface area contributed by atoms with Gasteiger partial charge in [-0.05, 0) is 167 Å². The van der Waals surface area contributed by atoms with Crippen molar-refractivity contribution >= 4 is 53.4 Å². The molecule has 9 aromatic carbocycles. The lowest BCUT2D eigenvalue weighted by atomic mass is 9.65. The molecule has 4 nitrogen and oxygen atoms in total. The van der Waals surface area contributed by atoms with Crippen molar-refractivity contribution < 1.29 is 19.3 Å². The maximum Gasteiger partial charge on any atom is 0.0716 e. The Balaban J connectivity index is 1.24. The topological polar surface area (TPSA) is 47.9 Å². The van der Waals surface area contributed by atoms with Crippen molar-refractivity contribution in [2.75, 3.05) is 26.4 Å². The lowest BCUT2D eigenvalue weighted by molar-refractivity contribution is 0.118. The Hall–Kier alpha value is -5.70. The monoisotopic (exact) mass is 1130 g/mol. The van der Waals surface area contributed by atoms with Crippen LogP contribution in [0, 0.1) is 0 Å². The highest BCUT2D eigenvalue weighted by atomic mass is 79.9.